The number of hydrazine groups is 1. The molecule has 3 rings (SSSR count). The molecule has 2 aromatic rings. The Kier molecular flexibility index (Phi) is 7.15. The lowest BCUT2D eigenvalue weighted by Gasteiger charge is -2.40. The van der Waals surface area contributed by atoms with Gasteiger partial charge < -0.3 is 9.47 Å². The van der Waals surface area contributed by atoms with E-state index in [-0.39, 0.29) is 11.7 Å². The second-order valence-corrected chi connectivity index (χ2v) is 8.25. The Morgan fingerprint density at radius 3 is 2.48 bits per heavy atom. The Morgan fingerprint density at radius 1 is 1.10 bits per heavy atom. The largest absolute Gasteiger partial charge is 0.493 e. The molecular weight excluding hydrogens is 399 g/mol. The Bertz CT molecular complexity index is 941. The van der Waals surface area contributed by atoms with Crippen LogP contribution >= 0.6 is 0 Å². The number of carbonyl (C=O) groups is 2. The lowest BCUT2D eigenvalue weighted by atomic mass is 9.64. The van der Waals surface area contributed by atoms with Crippen LogP contribution in [0.3, 0.4) is 0 Å². The number of methoxy groups -OCH3 is 1. The van der Waals surface area contributed by atoms with Gasteiger partial charge in [0.15, 0.2) is 11.5 Å². The van der Waals surface area contributed by atoms with Gasteiger partial charge in [-0.1, -0.05) is 32.4 Å². The maximum Gasteiger partial charge on any atom is 0.269 e. The number of ether oxygens (including phenoxy) is 2. The van der Waals surface area contributed by atoms with Gasteiger partial charge in [-0.15, -0.1) is 0 Å². The minimum absolute atomic E-state index is 0.321. The summed E-state index contributed by atoms with van der Waals surface area (Å²) >= 11 is 0. The molecule has 0 radical (unpaired) electrons. The highest BCUT2D eigenvalue weighted by Crippen LogP contribution is 2.44. The molecule has 0 bridgehead atoms. The Hall–Kier alpha value is -3.09. The van der Waals surface area contributed by atoms with Crippen molar-refractivity contribution in [3.05, 3.63) is 59.4 Å². The highest BCUT2D eigenvalue weighted by molar-refractivity contribution is 5.97. The summed E-state index contributed by atoms with van der Waals surface area (Å²) in [5.74, 6) is 0.308. The molecule has 0 aromatic heterocycles. The van der Waals surface area contributed by atoms with Crippen molar-refractivity contribution in [2.75, 3.05) is 13.7 Å². The van der Waals surface area contributed by atoms with Gasteiger partial charge in [-0.2, -0.15) is 0 Å². The van der Waals surface area contributed by atoms with Crippen molar-refractivity contribution >= 4 is 11.8 Å². The molecule has 0 heterocycles. The Balaban J connectivity index is 1.64. The third-order valence-electron chi connectivity index (χ3n) is 5.69. The predicted octanol–water partition coefficient (Wildman–Crippen LogP) is 4.14. The van der Waals surface area contributed by atoms with Crippen molar-refractivity contribution in [2.45, 2.75) is 44.9 Å². The van der Waals surface area contributed by atoms with Crippen molar-refractivity contribution in [2.24, 2.45) is 5.92 Å². The summed E-state index contributed by atoms with van der Waals surface area (Å²) in [7, 11) is 1.51. The summed E-state index contributed by atoms with van der Waals surface area (Å²) in [6, 6.07) is 10.9. The molecule has 166 valence electrons. The fourth-order valence-corrected chi connectivity index (χ4v) is 3.60. The second-order valence-electron chi connectivity index (χ2n) is 8.25. The molecule has 1 saturated carbocycles. The standard InChI is InChI=1S/C24H29FN2O4/c1-16(2)10-13-31-20-9-8-17(14-21(20)30-3)22(28)26-27-23(29)24(11-5-12-24)18-6-4-7-19(25)15-18/h4,6-9,14-16H,5,10-13H2,1-3H3,(H,26,28)(H,27,29). The number of hydrogen-bond acceptors (Lipinski definition) is 4. The predicted molar refractivity (Wildman–Crippen MR) is 115 cm³/mol. The molecule has 1 aliphatic rings. The number of hydrogen-bond donors (Lipinski definition) is 2. The van der Waals surface area contributed by atoms with E-state index in [4.69, 9.17) is 9.47 Å². The first kappa shape index (κ1) is 22.6. The fraction of sp³-hybridized carbons (Fsp3) is 0.417. The first-order valence-electron chi connectivity index (χ1n) is 10.5. The molecule has 2 amide bonds. The number of benzene rings is 2. The molecule has 0 unspecified atom stereocenters. The topological polar surface area (TPSA) is 76.7 Å². The van der Waals surface area contributed by atoms with Crippen molar-refractivity contribution < 1.29 is 23.5 Å². The molecule has 0 aliphatic heterocycles. The number of carbonyl (C=O) groups excluding carboxylic acids is 2. The van der Waals surface area contributed by atoms with Gasteiger partial charge in [0.1, 0.15) is 5.82 Å². The molecule has 7 heteroatoms. The molecule has 6 nitrogen and oxygen atoms in total. The minimum Gasteiger partial charge on any atom is -0.493 e. The van der Waals surface area contributed by atoms with Crippen molar-refractivity contribution in [1.29, 1.82) is 0 Å². The highest BCUT2D eigenvalue weighted by Gasteiger charge is 2.46. The molecule has 2 N–H and O–H groups in total. The van der Waals surface area contributed by atoms with E-state index in [1.54, 1.807) is 30.3 Å². The zero-order chi connectivity index (χ0) is 22.4. The molecule has 1 aliphatic carbocycles. The summed E-state index contributed by atoms with van der Waals surface area (Å²) in [6.07, 6.45) is 2.99. The zero-order valence-corrected chi connectivity index (χ0v) is 18.2. The van der Waals surface area contributed by atoms with Crippen molar-refractivity contribution in [3.63, 3.8) is 0 Å². The Morgan fingerprint density at radius 2 is 1.87 bits per heavy atom. The highest BCUT2D eigenvalue weighted by atomic mass is 19.1. The molecule has 1 fully saturated rings. The summed E-state index contributed by atoms with van der Waals surface area (Å²) in [4.78, 5) is 25.4. The monoisotopic (exact) mass is 428 g/mol. The van der Waals surface area contributed by atoms with Crippen LogP contribution in [-0.2, 0) is 10.2 Å². The normalized spacial score (nSPS) is 14.5. The molecular formula is C24H29FN2O4. The van der Waals surface area contributed by atoms with Gasteiger partial charge >= 0.3 is 0 Å². The van der Waals surface area contributed by atoms with Gasteiger partial charge in [0.05, 0.1) is 19.1 Å². The molecule has 0 atom stereocenters. The van der Waals surface area contributed by atoms with Crippen LogP contribution in [0.1, 0.15) is 55.5 Å². The lowest BCUT2D eigenvalue weighted by molar-refractivity contribution is -0.130. The summed E-state index contributed by atoms with van der Waals surface area (Å²) < 4.78 is 24.7. The number of rotatable bonds is 8. The van der Waals surface area contributed by atoms with Gasteiger partial charge in [0.25, 0.3) is 5.91 Å². The third-order valence-corrected chi connectivity index (χ3v) is 5.69. The summed E-state index contributed by atoms with van der Waals surface area (Å²) in [5.41, 5.74) is 5.09. The van der Waals surface area contributed by atoms with E-state index >= 15 is 0 Å². The average Bonchev–Trinajstić information content (AvgIpc) is 2.71. The smallest absolute Gasteiger partial charge is 0.269 e. The van der Waals surface area contributed by atoms with E-state index in [0.717, 1.165) is 12.8 Å². The van der Waals surface area contributed by atoms with E-state index in [1.807, 2.05) is 0 Å². The van der Waals surface area contributed by atoms with Crippen LogP contribution in [0.25, 0.3) is 0 Å². The number of amides is 2. The quantitative estimate of drug-likeness (QED) is 0.620. The van der Waals surface area contributed by atoms with Crippen LogP contribution in [0.2, 0.25) is 0 Å². The lowest BCUT2D eigenvalue weighted by Crippen LogP contribution is -2.54. The molecule has 0 spiro atoms. The van der Waals surface area contributed by atoms with Crippen LogP contribution in [0, 0.1) is 11.7 Å². The van der Waals surface area contributed by atoms with Crippen LogP contribution in [0.4, 0.5) is 4.39 Å². The molecule has 0 saturated heterocycles. The van der Waals surface area contributed by atoms with E-state index in [9.17, 15) is 14.0 Å². The van der Waals surface area contributed by atoms with Gasteiger partial charge in [0.2, 0.25) is 5.91 Å². The second kappa shape index (κ2) is 9.81. The maximum atomic E-state index is 13.7. The van der Waals surface area contributed by atoms with E-state index in [0.29, 0.717) is 48.0 Å². The van der Waals surface area contributed by atoms with Crippen LogP contribution in [0.15, 0.2) is 42.5 Å². The van der Waals surface area contributed by atoms with Gasteiger partial charge in [-0.25, -0.2) is 4.39 Å². The van der Waals surface area contributed by atoms with Gasteiger partial charge in [0, 0.05) is 5.56 Å². The third kappa shape index (κ3) is 5.16. The first-order chi connectivity index (χ1) is 14.9. The summed E-state index contributed by atoms with van der Waals surface area (Å²) in [6.45, 7) is 4.78. The average molecular weight is 429 g/mol. The maximum absolute atomic E-state index is 13.7. The molecule has 2 aromatic carbocycles. The number of nitrogens with one attached hydrogen (secondary N) is 2. The van der Waals surface area contributed by atoms with Crippen molar-refractivity contribution in [3.8, 4) is 11.5 Å². The molecule has 31 heavy (non-hydrogen) atoms. The van der Waals surface area contributed by atoms with Crippen LogP contribution < -0.4 is 20.3 Å². The van der Waals surface area contributed by atoms with E-state index in [1.165, 1.54) is 19.2 Å². The SMILES string of the molecule is COc1cc(C(=O)NNC(=O)C2(c3cccc(F)c3)CCC2)ccc1OCCC(C)C. The minimum atomic E-state index is -0.818. The van der Waals surface area contributed by atoms with E-state index < -0.39 is 11.3 Å². The van der Waals surface area contributed by atoms with Crippen LogP contribution in [0.5, 0.6) is 11.5 Å². The van der Waals surface area contributed by atoms with Gasteiger partial charge in [-0.05, 0) is 61.1 Å². The van der Waals surface area contributed by atoms with E-state index in [2.05, 4.69) is 24.7 Å². The Labute approximate surface area is 182 Å². The zero-order valence-electron chi connectivity index (χ0n) is 18.2. The van der Waals surface area contributed by atoms with Gasteiger partial charge in [-0.3, -0.25) is 20.4 Å². The van der Waals surface area contributed by atoms with Crippen molar-refractivity contribution in [1.82, 2.24) is 10.9 Å². The van der Waals surface area contributed by atoms with Crippen LogP contribution in [-0.4, -0.2) is 25.5 Å². The fourth-order valence-electron chi connectivity index (χ4n) is 3.60. The number of halogens is 1. The summed E-state index contributed by atoms with van der Waals surface area (Å²) in [5, 5.41) is 0. The first-order valence-corrected chi connectivity index (χ1v) is 10.5.